The maximum atomic E-state index is 3.85. The van der Waals surface area contributed by atoms with E-state index >= 15 is 0 Å². The summed E-state index contributed by atoms with van der Waals surface area (Å²) in [6.07, 6.45) is 1.98. The average Bonchev–Trinajstić information content (AvgIpc) is 2.19. The van der Waals surface area contributed by atoms with Crippen LogP contribution in [0, 0.1) is 0 Å². The molecule has 14 heavy (non-hydrogen) atoms. The number of benzene rings is 1. The van der Waals surface area contributed by atoms with Gasteiger partial charge in [-0.2, -0.15) is 0 Å². The van der Waals surface area contributed by atoms with Gasteiger partial charge in [-0.05, 0) is 26.5 Å². The van der Waals surface area contributed by atoms with Crippen LogP contribution in [0.2, 0.25) is 0 Å². The molecule has 0 fully saturated rings. The van der Waals surface area contributed by atoms with Gasteiger partial charge in [0.05, 0.1) is 0 Å². The monoisotopic (exact) mass is 189 g/mol. The number of likely N-dealkylation sites (N-methyl/N-ethyl adjacent to an activating group) is 1. The summed E-state index contributed by atoms with van der Waals surface area (Å²) in [6, 6.07) is 10.5. The van der Waals surface area contributed by atoms with Gasteiger partial charge < -0.3 is 0 Å². The summed E-state index contributed by atoms with van der Waals surface area (Å²) < 4.78 is 0. The van der Waals surface area contributed by atoms with Gasteiger partial charge in [0.25, 0.3) is 0 Å². The summed E-state index contributed by atoms with van der Waals surface area (Å²) in [5.74, 6) is 0. The predicted octanol–water partition coefficient (Wildman–Crippen LogP) is 3.08. The van der Waals surface area contributed by atoms with Crippen LogP contribution in [0.25, 0.3) is 0 Å². The Kier molecular flexibility index (Phi) is 3.48. The second-order valence-corrected chi connectivity index (χ2v) is 4.20. The van der Waals surface area contributed by atoms with Gasteiger partial charge in [-0.15, -0.1) is 6.58 Å². The van der Waals surface area contributed by atoms with E-state index < -0.39 is 0 Å². The lowest BCUT2D eigenvalue weighted by atomic mass is 10.0. The minimum absolute atomic E-state index is 0.0514. The van der Waals surface area contributed by atoms with Gasteiger partial charge in [-0.25, -0.2) is 0 Å². The molecule has 0 atom stereocenters. The van der Waals surface area contributed by atoms with Gasteiger partial charge >= 0.3 is 0 Å². The fourth-order valence-electron chi connectivity index (χ4n) is 1.22. The molecule has 0 unspecified atom stereocenters. The zero-order chi connectivity index (χ0) is 10.6. The molecule has 0 amide bonds. The molecule has 1 heteroatoms. The van der Waals surface area contributed by atoms with Crippen LogP contribution in [0.3, 0.4) is 0 Å². The highest BCUT2D eigenvalue weighted by atomic mass is 15.2. The first-order chi connectivity index (χ1) is 6.56. The van der Waals surface area contributed by atoms with Crippen LogP contribution < -0.4 is 0 Å². The van der Waals surface area contributed by atoms with Crippen molar-refractivity contribution in [3.8, 4) is 0 Å². The molecule has 0 aromatic heterocycles. The van der Waals surface area contributed by atoms with Gasteiger partial charge in [-0.1, -0.05) is 36.4 Å². The Hall–Kier alpha value is -1.08. The number of rotatable bonds is 4. The van der Waals surface area contributed by atoms with E-state index in [1.54, 1.807) is 0 Å². The number of hydrogen-bond acceptors (Lipinski definition) is 1. The largest absolute Gasteiger partial charge is 0.294 e. The van der Waals surface area contributed by atoms with Crippen molar-refractivity contribution in [1.82, 2.24) is 4.90 Å². The second kappa shape index (κ2) is 4.43. The van der Waals surface area contributed by atoms with E-state index in [2.05, 4.69) is 56.6 Å². The highest BCUT2D eigenvalue weighted by molar-refractivity contribution is 5.15. The first kappa shape index (κ1) is 11.0. The lowest BCUT2D eigenvalue weighted by molar-refractivity contribution is 0.196. The summed E-state index contributed by atoms with van der Waals surface area (Å²) in [4.78, 5) is 2.29. The molecule has 76 valence electrons. The van der Waals surface area contributed by atoms with Crippen LogP contribution in [0.1, 0.15) is 19.4 Å². The van der Waals surface area contributed by atoms with E-state index in [9.17, 15) is 0 Å². The van der Waals surface area contributed by atoms with Crippen molar-refractivity contribution in [2.45, 2.75) is 25.9 Å². The normalized spacial score (nSPS) is 11.7. The third-order valence-electron chi connectivity index (χ3n) is 2.75. The Labute approximate surface area is 87.1 Å². The third kappa shape index (κ3) is 2.71. The molecule has 0 bridgehead atoms. The topological polar surface area (TPSA) is 3.24 Å². The smallest absolute Gasteiger partial charge is 0.0332 e. The minimum atomic E-state index is 0.0514. The summed E-state index contributed by atoms with van der Waals surface area (Å²) in [7, 11) is 2.12. The van der Waals surface area contributed by atoms with Crippen LogP contribution in [0.15, 0.2) is 43.0 Å². The Morgan fingerprint density at radius 1 is 1.29 bits per heavy atom. The predicted molar refractivity (Wildman–Crippen MR) is 62.2 cm³/mol. The first-order valence-corrected chi connectivity index (χ1v) is 4.95. The quantitative estimate of drug-likeness (QED) is 0.658. The second-order valence-electron chi connectivity index (χ2n) is 4.20. The molecule has 1 aromatic rings. The van der Waals surface area contributed by atoms with Crippen molar-refractivity contribution in [2.75, 3.05) is 7.05 Å². The van der Waals surface area contributed by atoms with Gasteiger partial charge in [0.15, 0.2) is 0 Å². The third-order valence-corrected chi connectivity index (χ3v) is 2.75. The van der Waals surface area contributed by atoms with Gasteiger partial charge in [0.2, 0.25) is 0 Å². The highest BCUT2D eigenvalue weighted by Gasteiger charge is 2.18. The first-order valence-electron chi connectivity index (χ1n) is 4.95. The fourth-order valence-corrected chi connectivity index (χ4v) is 1.22. The summed E-state index contributed by atoms with van der Waals surface area (Å²) in [6.45, 7) is 9.15. The molecule has 0 aliphatic rings. The Morgan fingerprint density at radius 2 is 1.86 bits per heavy atom. The molecule has 0 N–H and O–H groups in total. The van der Waals surface area contributed by atoms with E-state index in [1.165, 1.54) is 5.56 Å². The van der Waals surface area contributed by atoms with Crippen LogP contribution in [0.4, 0.5) is 0 Å². The van der Waals surface area contributed by atoms with Crippen LogP contribution in [-0.4, -0.2) is 17.5 Å². The molecule has 0 saturated carbocycles. The summed E-state index contributed by atoms with van der Waals surface area (Å²) in [5.41, 5.74) is 1.39. The molecule has 0 heterocycles. The number of hydrogen-bond donors (Lipinski definition) is 0. The summed E-state index contributed by atoms with van der Waals surface area (Å²) >= 11 is 0. The lowest BCUT2D eigenvalue weighted by Crippen LogP contribution is -2.38. The van der Waals surface area contributed by atoms with E-state index in [0.29, 0.717) is 0 Å². The molecule has 1 aromatic carbocycles. The van der Waals surface area contributed by atoms with Crippen molar-refractivity contribution in [2.24, 2.45) is 0 Å². The average molecular weight is 189 g/mol. The van der Waals surface area contributed by atoms with E-state index in [-0.39, 0.29) is 5.54 Å². The molecule has 0 aliphatic heterocycles. The van der Waals surface area contributed by atoms with Crippen molar-refractivity contribution in [1.29, 1.82) is 0 Å². The molecule has 0 spiro atoms. The van der Waals surface area contributed by atoms with E-state index in [0.717, 1.165) is 6.54 Å². The van der Waals surface area contributed by atoms with Gasteiger partial charge in [-0.3, -0.25) is 4.90 Å². The zero-order valence-corrected chi connectivity index (χ0v) is 9.33. The number of nitrogens with zero attached hydrogens (tertiary/aromatic N) is 1. The Morgan fingerprint density at radius 3 is 2.36 bits per heavy atom. The zero-order valence-electron chi connectivity index (χ0n) is 9.33. The SMILES string of the molecule is C=CC(C)(C)N(C)Cc1ccccc1. The van der Waals surface area contributed by atoms with Crippen molar-refractivity contribution < 1.29 is 0 Å². The minimum Gasteiger partial charge on any atom is -0.294 e. The molecule has 1 rings (SSSR count). The molecule has 0 aliphatic carbocycles. The maximum absolute atomic E-state index is 3.85. The van der Waals surface area contributed by atoms with Crippen LogP contribution in [0.5, 0.6) is 0 Å². The van der Waals surface area contributed by atoms with Gasteiger partial charge in [0, 0.05) is 12.1 Å². The molecular weight excluding hydrogens is 170 g/mol. The standard InChI is InChI=1S/C13H19N/c1-5-13(2,3)14(4)11-12-9-7-6-8-10-12/h5-10H,1,11H2,2-4H3. The lowest BCUT2D eigenvalue weighted by Gasteiger charge is -2.32. The van der Waals surface area contributed by atoms with Crippen molar-refractivity contribution >= 4 is 0 Å². The van der Waals surface area contributed by atoms with E-state index in [4.69, 9.17) is 0 Å². The van der Waals surface area contributed by atoms with Gasteiger partial charge in [0.1, 0.15) is 0 Å². The summed E-state index contributed by atoms with van der Waals surface area (Å²) in [5, 5.41) is 0. The van der Waals surface area contributed by atoms with Crippen LogP contribution >= 0.6 is 0 Å². The highest BCUT2D eigenvalue weighted by Crippen LogP contribution is 2.16. The fraction of sp³-hybridized carbons (Fsp3) is 0.385. The van der Waals surface area contributed by atoms with E-state index in [1.807, 2.05) is 12.1 Å². The molecule has 1 nitrogen and oxygen atoms in total. The van der Waals surface area contributed by atoms with Crippen molar-refractivity contribution in [3.05, 3.63) is 48.6 Å². The maximum Gasteiger partial charge on any atom is 0.0332 e. The molecule has 0 radical (unpaired) electrons. The Balaban J connectivity index is 2.66. The Bertz CT molecular complexity index is 287. The molecule has 0 saturated heterocycles. The van der Waals surface area contributed by atoms with Crippen LogP contribution in [-0.2, 0) is 6.54 Å². The molecular formula is C13H19N. The van der Waals surface area contributed by atoms with Crippen molar-refractivity contribution in [3.63, 3.8) is 0 Å².